The molecule has 0 aliphatic rings. The van der Waals surface area contributed by atoms with E-state index < -0.39 is 17.2 Å². The van der Waals surface area contributed by atoms with Crippen LogP contribution in [0, 0.1) is 0 Å². The Hall–Kier alpha value is 2.49. The monoisotopic (exact) mass is 356 g/mol. The summed E-state index contributed by atoms with van der Waals surface area (Å²) in [5.41, 5.74) is 0. The molecule has 0 saturated carbocycles. The molecule has 0 amide bonds. The first kappa shape index (κ1) is 29.2. The van der Waals surface area contributed by atoms with Crippen molar-refractivity contribution < 1.29 is 87.8 Å². The zero-order valence-corrected chi connectivity index (χ0v) is 16.4. The van der Waals surface area contributed by atoms with Crippen LogP contribution >= 0.6 is 17.2 Å². The third-order valence-electron chi connectivity index (χ3n) is 0. The Labute approximate surface area is 104 Å². The van der Waals surface area contributed by atoms with E-state index in [9.17, 15) is 0 Å². The van der Waals surface area contributed by atoms with Gasteiger partial charge in [0, 0.05) is 58.4 Å². The predicted octanol–water partition coefficient (Wildman–Crippen LogP) is -1.63. The van der Waals surface area contributed by atoms with Crippen LogP contribution < -0.4 is 0 Å². The molecule has 0 unspecified atom stereocenters. The van der Waals surface area contributed by atoms with E-state index in [4.69, 9.17) is 29.4 Å². The van der Waals surface area contributed by atoms with E-state index in [0.29, 0.717) is 0 Å². The normalized spacial score (nSPS) is 6.55. The van der Waals surface area contributed by atoms with Gasteiger partial charge < -0.3 is 29.4 Å². The zero-order valence-electron chi connectivity index (χ0n) is 5.70. The molecule has 0 spiro atoms. The van der Waals surface area contributed by atoms with Crippen molar-refractivity contribution >= 4 is 17.2 Å². The molecule has 11 heteroatoms. The Morgan fingerprint density at radius 2 is 0.455 bits per heavy atom. The molecule has 0 aromatic heterocycles. The smallest absolute Gasteiger partial charge is 0.324 e. The van der Waals surface area contributed by atoms with E-state index in [1.54, 1.807) is 0 Å². The second kappa shape index (κ2) is 22.9. The van der Waals surface area contributed by atoms with E-state index in [1.165, 1.54) is 0 Å². The van der Waals surface area contributed by atoms with Crippen LogP contribution in [0.4, 0.5) is 0 Å². The summed E-state index contributed by atoms with van der Waals surface area (Å²) in [4.78, 5) is 43.4. The van der Waals surface area contributed by atoms with Crippen LogP contribution in [-0.4, -0.2) is 29.4 Å². The van der Waals surface area contributed by atoms with Crippen molar-refractivity contribution in [1.29, 1.82) is 0 Å². The van der Waals surface area contributed by atoms with Gasteiger partial charge in [0.15, 0.2) is 0 Å². The molecular weight excluding hydrogens is 354 g/mol. The van der Waals surface area contributed by atoms with Crippen molar-refractivity contribution in [3.8, 4) is 0 Å². The maximum absolute atomic E-state index is 7.23. The summed E-state index contributed by atoms with van der Waals surface area (Å²) in [5.74, 6) is 0. The van der Waals surface area contributed by atoms with Gasteiger partial charge in [-0.3, -0.25) is 0 Å². The molecule has 0 aliphatic carbocycles. The maximum atomic E-state index is 7.23. The van der Waals surface area contributed by atoms with Gasteiger partial charge in [0.1, 0.15) is 0 Å². The second-order valence-corrected chi connectivity index (χ2v) is 1.61. The van der Waals surface area contributed by atoms with Crippen molar-refractivity contribution in [2.45, 2.75) is 0 Å². The molecular formula is H6O6P2Zn3. The zero-order chi connectivity index (χ0) is 7.15. The minimum Gasteiger partial charge on any atom is -0.328 e. The number of rotatable bonds is 0. The molecule has 0 fully saturated rings. The maximum Gasteiger partial charge on any atom is 0.324 e. The van der Waals surface area contributed by atoms with Gasteiger partial charge in [-0.2, -0.15) is 0 Å². The van der Waals surface area contributed by atoms with Crippen LogP contribution in [0.2, 0.25) is 0 Å². The summed E-state index contributed by atoms with van der Waals surface area (Å²) in [6, 6.07) is 0. The Kier molecular flexibility index (Phi) is 60.7. The molecule has 58 valence electrons. The van der Waals surface area contributed by atoms with Gasteiger partial charge in [0.25, 0.3) is 0 Å². The van der Waals surface area contributed by atoms with Gasteiger partial charge in [0.2, 0.25) is 0 Å². The molecule has 0 rings (SSSR count). The quantitative estimate of drug-likeness (QED) is 0.228. The van der Waals surface area contributed by atoms with Gasteiger partial charge >= 0.3 is 17.2 Å². The molecule has 0 atom stereocenters. The van der Waals surface area contributed by atoms with E-state index in [-0.39, 0.29) is 58.4 Å². The SMILES string of the molecule is OP(O)O.OP(O)O.[Zn].[Zn].[Zn]. The minimum absolute atomic E-state index is 0. The summed E-state index contributed by atoms with van der Waals surface area (Å²) < 4.78 is 0. The molecule has 0 aromatic carbocycles. The van der Waals surface area contributed by atoms with Crippen molar-refractivity contribution in [2.75, 3.05) is 0 Å². The van der Waals surface area contributed by atoms with Gasteiger partial charge in [-0.25, -0.2) is 0 Å². The van der Waals surface area contributed by atoms with E-state index in [0.717, 1.165) is 0 Å². The molecule has 0 bridgehead atoms. The van der Waals surface area contributed by atoms with E-state index in [2.05, 4.69) is 0 Å². The fourth-order valence-electron chi connectivity index (χ4n) is 0. The summed E-state index contributed by atoms with van der Waals surface area (Å²) in [5, 5.41) is 0. The molecule has 6 nitrogen and oxygen atoms in total. The Balaban J connectivity index is -0.0000000171. The van der Waals surface area contributed by atoms with Crippen LogP contribution in [0.3, 0.4) is 0 Å². The van der Waals surface area contributed by atoms with Crippen molar-refractivity contribution in [3.05, 3.63) is 0 Å². The third-order valence-corrected chi connectivity index (χ3v) is 0. The minimum atomic E-state index is -2.62. The molecule has 0 aliphatic heterocycles. The Morgan fingerprint density at radius 3 is 0.455 bits per heavy atom. The summed E-state index contributed by atoms with van der Waals surface area (Å²) in [6.45, 7) is 0. The first-order chi connectivity index (χ1) is 3.46. The summed E-state index contributed by atoms with van der Waals surface area (Å²) in [7, 11) is -5.24. The van der Waals surface area contributed by atoms with Gasteiger partial charge in [-0.15, -0.1) is 0 Å². The van der Waals surface area contributed by atoms with Gasteiger partial charge in [0.05, 0.1) is 0 Å². The molecule has 0 heterocycles. The van der Waals surface area contributed by atoms with Crippen LogP contribution in [0.25, 0.3) is 0 Å². The Bertz CT molecular complexity index is 31.3. The first-order valence-corrected chi connectivity index (χ1v) is 3.60. The third kappa shape index (κ3) is 222. The topological polar surface area (TPSA) is 121 Å². The second-order valence-electron chi connectivity index (χ2n) is 0.537. The van der Waals surface area contributed by atoms with Crippen LogP contribution in [-0.2, 0) is 58.4 Å². The molecule has 11 heavy (non-hydrogen) atoms. The standard InChI is InChI=1S/2H3O3P.3Zn/c2*1-4(2)3;;;/h2*1-3H;;;. The average molecular weight is 360 g/mol. The van der Waals surface area contributed by atoms with Gasteiger partial charge in [-0.1, -0.05) is 0 Å². The van der Waals surface area contributed by atoms with Crippen molar-refractivity contribution in [3.63, 3.8) is 0 Å². The predicted molar refractivity (Wildman–Crippen MR) is 27.2 cm³/mol. The van der Waals surface area contributed by atoms with Crippen LogP contribution in [0.5, 0.6) is 0 Å². The van der Waals surface area contributed by atoms with E-state index in [1.807, 2.05) is 0 Å². The van der Waals surface area contributed by atoms with Gasteiger partial charge in [-0.05, 0) is 0 Å². The fourth-order valence-corrected chi connectivity index (χ4v) is 0. The first-order valence-electron chi connectivity index (χ1n) is 1.20. The summed E-state index contributed by atoms with van der Waals surface area (Å²) in [6.07, 6.45) is 0. The number of hydrogen-bond donors (Lipinski definition) is 6. The molecule has 0 saturated heterocycles. The number of hydrogen-bond acceptors (Lipinski definition) is 6. The average Bonchev–Trinajstić information content (AvgIpc) is 1.25. The van der Waals surface area contributed by atoms with Crippen LogP contribution in [0.1, 0.15) is 0 Å². The summed E-state index contributed by atoms with van der Waals surface area (Å²) >= 11 is 0. The van der Waals surface area contributed by atoms with Crippen LogP contribution in [0.15, 0.2) is 0 Å². The molecule has 6 N–H and O–H groups in total. The van der Waals surface area contributed by atoms with Crippen molar-refractivity contribution in [1.82, 2.24) is 0 Å². The van der Waals surface area contributed by atoms with E-state index >= 15 is 0 Å². The molecule has 0 radical (unpaired) electrons. The fraction of sp³-hybridized carbons (Fsp3) is 0. The largest absolute Gasteiger partial charge is 0.328 e. The Morgan fingerprint density at radius 1 is 0.455 bits per heavy atom. The molecule has 0 aromatic rings. The van der Waals surface area contributed by atoms with Crippen molar-refractivity contribution in [2.24, 2.45) is 0 Å².